The Morgan fingerprint density at radius 2 is 1.23 bits per heavy atom. The second-order valence-corrected chi connectivity index (χ2v) is 23.4. The van der Waals surface area contributed by atoms with Crippen molar-refractivity contribution in [1.29, 1.82) is 0 Å². The molecule has 0 bridgehead atoms. The lowest BCUT2D eigenvalue weighted by Crippen LogP contribution is -2.66. The lowest BCUT2D eigenvalue weighted by Gasteiger charge is -2.43. The summed E-state index contributed by atoms with van der Waals surface area (Å²) in [7, 11) is -4.67. The zero-order valence-electron chi connectivity index (χ0n) is 28.4. The van der Waals surface area contributed by atoms with Crippen molar-refractivity contribution in [2.75, 3.05) is 13.2 Å². The van der Waals surface area contributed by atoms with E-state index in [1.165, 1.54) is 10.4 Å². The molecule has 240 valence electrons. The molecule has 0 aromatic heterocycles. The Hall–Kier alpha value is -2.33. The van der Waals surface area contributed by atoms with Gasteiger partial charge in [0.05, 0.1) is 18.8 Å². The third-order valence-electron chi connectivity index (χ3n) is 8.86. The van der Waals surface area contributed by atoms with Gasteiger partial charge in [0.15, 0.2) is 8.32 Å². The minimum Gasteiger partial charge on any atom is -0.410 e. The molecule has 4 nitrogen and oxygen atoms in total. The number of rotatable bonds is 16. The van der Waals surface area contributed by atoms with Crippen molar-refractivity contribution < 1.29 is 18.7 Å². The van der Waals surface area contributed by atoms with Crippen molar-refractivity contribution >= 4 is 27.0 Å². The summed E-state index contributed by atoms with van der Waals surface area (Å²) in [6.07, 6.45) is 5.62. The highest BCUT2D eigenvalue weighted by molar-refractivity contribution is 6.99. The highest BCUT2D eigenvalue weighted by Crippen LogP contribution is 2.39. The van der Waals surface area contributed by atoms with Gasteiger partial charge >= 0.3 is 0 Å². The standard InChI is InChI=1S/C38H56O4Si2/c1-37(2,3)43(7,8)42-34(22-18-21-33(39)27-29-40-31-32-19-12-9-13-20-32)28-30-41-44(38(4,5)6,35-23-14-10-15-24-35)36-25-16-11-17-26-36/h9-20,22-26,33-34,39H,21,27-31H2,1-8H3/b22-18+/t33-,34-/m0/s1. The number of ether oxygens (including phenoxy) is 1. The Morgan fingerprint density at radius 3 is 1.73 bits per heavy atom. The molecular weight excluding hydrogens is 577 g/mol. The van der Waals surface area contributed by atoms with Gasteiger partial charge in [-0.2, -0.15) is 0 Å². The number of hydrogen-bond donors (Lipinski definition) is 1. The molecule has 0 saturated heterocycles. The molecule has 0 amide bonds. The van der Waals surface area contributed by atoms with Crippen LogP contribution in [0.1, 0.15) is 66.4 Å². The fourth-order valence-electron chi connectivity index (χ4n) is 5.33. The average molecular weight is 633 g/mol. The summed E-state index contributed by atoms with van der Waals surface area (Å²) in [5, 5.41) is 13.3. The topological polar surface area (TPSA) is 47.9 Å². The quantitative estimate of drug-likeness (QED) is 0.0981. The van der Waals surface area contributed by atoms with Gasteiger partial charge in [-0.15, -0.1) is 0 Å². The van der Waals surface area contributed by atoms with Crippen LogP contribution in [0, 0.1) is 0 Å². The molecule has 0 fully saturated rings. The SMILES string of the molecule is CC(C)(C)[Si](C)(C)O[C@@H](/C=C/C[C@H](O)CCOCc1ccccc1)CCO[Si](c1ccccc1)(c1ccccc1)C(C)(C)C. The molecule has 44 heavy (non-hydrogen) atoms. The molecule has 0 unspecified atom stereocenters. The maximum absolute atomic E-state index is 10.7. The van der Waals surface area contributed by atoms with E-state index in [1.807, 2.05) is 18.2 Å². The number of benzene rings is 3. The Bertz CT molecular complexity index is 1210. The molecule has 0 aliphatic rings. The van der Waals surface area contributed by atoms with Crippen LogP contribution in [-0.4, -0.2) is 47.2 Å². The zero-order valence-corrected chi connectivity index (χ0v) is 30.4. The summed E-state index contributed by atoms with van der Waals surface area (Å²) >= 11 is 0. The first-order valence-corrected chi connectivity index (χ1v) is 21.0. The summed E-state index contributed by atoms with van der Waals surface area (Å²) in [6.45, 7) is 20.1. The van der Waals surface area contributed by atoms with Gasteiger partial charge in [-0.25, -0.2) is 0 Å². The first-order valence-electron chi connectivity index (χ1n) is 16.2. The van der Waals surface area contributed by atoms with Gasteiger partial charge < -0.3 is 18.7 Å². The Labute approximate surface area is 269 Å². The zero-order chi connectivity index (χ0) is 32.3. The van der Waals surface area contributed by atoms with Crippen LogP contribution >= 0.6 is 0 Å². The summed E-state index contributed by atoms with van der Waals surface area (Å²) < 4.78 is 19.9. The van der Waals surface area contributed by atoms with Crippen molar-refractivity contribution in [1.82, 2.24) is 0 Å². The van der Waals surface area contributed by atoms with Gasteiger partial charge in [-0.3, -0.25) is 0 Å². The number of aliphatic hydroxyl groups is 1. The van der Waals surface area contributed by atoms with Crippen molar-refractivity contribution in [3.05, 3.63) is 109 Å². The van der Waals surface area contributed by atoms with Crippen molar-refractivity contribution in [2.45, 2.75) is 103 Å². The normalized spacial score (nSPS) is 14.6. The Morgan fingerprint density at radius 1 is 0.705 bits per heavy atom. The first kappa shape index (κ1) is 36.1. The van der Waals surface area contributed by atoms with Crippen LogP contribution in [0.5, 0.6) is 0 Å². The first-order chi connectivity index (χ1) is 20.8. The maximum Gasteiger partial charge on any atom is 0.261 e. The van der Waals surface area contributed by atoms with E-state index in [0.29, 0.717) is 32.7 Å². The highest BCUT2D eigenvalue weighted by Gasteiger charge is 2.50. The van der Waals surface area contributed by atoms with E-state index < -0.39 is 22.7 Å². The van der Waals surface area contributed by atoms with Crippen LogP contribution in [-0.2, 0) is 20.2 Å². The van der Waals surface area contributed by atoms with Crippen LogP contribution in [0.3, 0.4) is 0 Å². The fourth-order valence-corrected chi connectivity index (χ4v) is 11.2. The summed E-state index contributed by atoms with van der Waals surface area (Å²) in [5.74, 6) is 0. The monoisotopic (exact) mass is 632 g/mol. The van der Waals surface area contributed by atoms with Gasteiger partial charge in [0.1, 0.15) is 0 Å². The van der Waals surface area contributed by atoms with E-state index in [4.69, 9.17) is 13.6 Å². The van der Waals surface area contributed by atoms with Crippen LogP contribution in [0.4, 0.5) is 0 Å². The van der Waals surface area contributed by atoms with E-state index in [1.54, 1.807) is 0 Å². The molecule has 0 saturated carbocycles. The second kappa shape index (κ2) is 16.3. The molecule has 6 heteroatoms. The maximum atomic E-state index is 10.7. The van der Waals surface area contributed by atoms with Gasteiger partial charge in [0.25, 0.3) is 8.32 Å². The largest absolute Gasteiger partial charge is 0.410 e. The van der Waals surface area contributed by atoms with Crippen LogP contribution in [0.25, 0.3) is 0 Å². The summed E-state index contributed by atoms with van der Waals surface area (Å²) in [5.41, 5.74) is 1.15. The molecule has 0 aliphatic carbocycles. The summed E-state index contributed by atoms with van der Waals surface area (Å²) in [6, 6.07) is 31.7. The van der Waals surface area contributed by atoms with Crippen LogP contribution in [0.15, 0.2) is 103 Å². The summed E-state index contributed by atoms with van der Waals surface area (Å²) in [4.78, 5) is 0. The van der Waals surface area contributed by atoms with E-state index in [0.717, 1.165) is 12.0 Å². The molecular formula is C38H56O4Si2. The third-order valence-corrected chi connectivity index (χ3v) is 18.4. The smallest absolute Gasteiger partial charge is 0.261 e. The molecule has 0 aliphatic heterocycles. The molecule has 0 heterocycles. The third kappa shape index (κ3) is 10.1. The fraction of sp³-hybridized carbons (Fsp3) is 0.474. The minimum atomic E-state index is -2.63. The molecule has 0 spiro atoms. The van der Waals surface area contributed by atoms with Crippen LogP contribution < -0.4 is 10.4 Å². The van der Waals surface area contributed by atoms with Gasteiger partial charge in [-0.05, 0) is 58.4 Å². The van der Waals surface area contributed by atoms with Gasteiger partial charge in [-0.1, -0.05) is 145 Å². The molecule has 2 atom stereocenters. The van der Waals surface area contributed by atoms with Crippen molar-refractivity contribution in [3.63, 3.8) is 0 Å². The average Bonchev–Trinajstić information content (AvgIpc) is 2.97. The highest BCUT2D eigenvalue weighted by atomic mass is 28.4. The van der Waals surface area contributed by atoms with Gasteiger partial charge in [0.2, 0.25) is 0 Å². The van der Waals surface area contributed by atoms with Gasteiger partial charge in [0, 0.05) is 13.2 Å². The predicted molar refractivity (Wildman–Crippen MR) is 191 cm³/mol. The lowest BCUT2D eigenvalue weighted by atomic mass is 10.1. The van der Waals surface area contributed by atoms with Crippen LogP contribution in [0.2, 0.25) is 23.2 Å². The Kier molecular flexibility index (Phi) is 13.4. The molecule has 3 aromatic carbocycles. The molecule has 3 aromatic rings. The van der Waals surface area contributed by atoms with E-state index in [2.05, 4.69) is 140 Å². The van der Waals surface area contributed by atoms with Crippen molar-refractivity contribution in [2.24, 2.45) is 0 Å². The van der Waals surface area contributed by atoms with E-state index in [-0.39, 0.29) is 16.2 Å². The minimum absolute atomic E-state index is 0.0754. The molecule has 3 rings (SSSR count). The molecule has 1 N–H and O–H groups in total. The number of aliphatic hydroxyl groups excluding tert-OH is 1. The van der Waals surface area contributed by atoms with E-state index in [9.17, 15) is 5.11 Å². The Balaban J connectivity index is 1.72. The molecule has 0 radical (unpaired) electrons. The van der Waals surface area contributed by atoms with Crippen molar-refractivity contribution in [3.8, 4) is 0 Å². The second-order valence-electron chi connectivity index (χ2n) is 14.4. The lowest BCUT2D eigenvalue weighted by molar-refractivity contribution is 0.0745. The predicted octanol–water partition coefficient (Wildman–Crippen LogP) is 8.26. The number of hydrogen-bond acceptors (Lipinski definition) is 4. The van der Waals surface area contributed by atoms with E-state index >= 15 is 0 Å².